The highest BCUT2D eigenvalue weighted by Crippen LogP contribution is 2.29. The van der Waals surface area contributed by atoms with Gasteiger partial charge in [-0.15, -0.1) is 0 Å². The van der Waals surface area contributed by atoms with Gasteiger partial charge in [-0.05, 0) is 43.2 Å². The largest absolute Gasteiger partial charge is 0.507 e. The molecule has 2 aromatic carbocycles. The summed E-state index contributed by atoms with van der Waals surface area (Å²) < 4.78 is 16.4. The normalized spacial score (nSPS) is 10.4. The standard InChI is InChI=1S/C22H26O7/c1-3-5-11-27-15-8-10-19(23)18(13-15)22(26)29-20-14-16(28-12-6-4-2)7-9-17(20)21(24)25/h7-10,13-14,23H,3-6,11-12H2,1-2H3,(H,24,25). The number of carboxylic acids is 1. The van der Waals surface area contributed by atoms with E-state index >= 15 is 0 Å². The lowest BCUT2D eigenvalue weighted by Gasteiger charge is -2.12. The van der Waals surface area contributed by atoms with Crippen molar-refractivity contribution in [2.24, 2.45) is 0 Å². The van der Waals surface area contributed by atoms with Gasteiger partial charge in [-0.25, -0.2) is 9.59 Å². The van der Waals surface area contributed by atoms with Crippen molar-refractivity contribution in [2.75, 3.05) is 13.2 Å². The minimum Gasteiger partial charge on any atom is -0.507 e. The molecule has 0 saturated heterocycles. The number of carboxylic acid groups (broad SMARTS) is 1. The van der Waals surface area contributed by atoms with Gasteiger partial charge >= 0.3 is 11.9 Å². The van der Waals surface area contributed by atoms with Crippen LogP contribution in [0.2, 0.25) is 0 Å². The van der Waals surface area contributed by atoms with Gasteiger partial charge in [0.15, 0.2) is 0 Å². The van der Waals surface area contributed by atoms with Crippen molar-refractivity contribution < 1.29 is 34.0 Å². The average molecular weight is 402 g/mol. The van der Waals surface area contributed by atoms with Crippen LogP contribution in [0, 0.1) is 0 Å². The number of phenols is 1. The molecule has 0 fully saturated rings. The number of esters is 1. The molecule has 0 amide bonds. The van der Waals surface area contributed by atoms with Gasteiger partial charge < -0.3 is 24.4 Å². The van der Waals surface area contributed by atoms with Crippen molar-refractivity contribution in [1.29, 1.82) is 0 Å². The first kappa shape index (κ1) is 22.1. The number of hydrogen-bond donors (Lipinski definition) is 2. The molecule has 2 rings (SSSR count). The number of aromatic hydroxyl groups is 1. The lowest BCUT2D eigenvalue weighted by atomic mass is 10.1. The molecule has 0 aliphatic carbocycles. The fraction of sp³-hybridized carbons (Fsp3) is 0.364. The Morgan fingerprint density at radius 3 is 2.03 bits per heavy atom. The Hall–Kier alpha value is -3.22. The van der Waals surface area contributed by atoms with E-state index in [1.165, 1.54) is 30.3 Å². The van der Waals surface area contributed by atoms with Gasteiger partial charge in [0.2, 0.25) is 0 Å². The fourth-order valence-electron chi connectivity index (χ4n) is 2.45. The summed E-state index contributed by atoms with van der Waals surface area (Å²) in [6.45, 7) is 5.00. The average Bonchev–Trinajstić information content (AvgIpc) is 2.69. The first-order valence-corrected chi connectivity index (χ1v) is 9.64. The van der Waals surface area contributed by atoms with Crippen molar-refractivity contribution >= 4 is 11.9 Å². The van der Waals surface area contributed by atoms with Crippen LogP contribution in [0.15, 0.2) is 36.4 Å². The van der Waals surface area contributed by atoms with Gasteiger partial charge in [0.05, 0.1) is 13.2 Å². The molecule has 0 radical (unpaired) electrons. The van der Waals surface area contributed by atoms with Gasteiger partial charge in [0.1, 0.15) is 34.1 Å². The topological polar surface area (TPSA) is 102 Å². The van der Waals surface area contributed by atoms with E-state index < -0.39 is 11.9 Å². The van der Waals surface area contributed by atoms with E-state index in [2.05, 4.69) is 0 Å². The zero-order valence-corrected chi connectivity index (χ0v) is 16.6. The molecule has 29 heavy (non-hydrogen) atoms. The third kappa shape index (κ3) is 6.41. The molecule has 156 valence electrons. The number of unbranched alkanes of at least 4 members (excludes halogenated alkanes) is 2. The number of hydrogen-bond acceptors (Lipinski definition) is 6. The summed E-state index contributed by atoms with van der Waals surface area (Å²) in [7, 11) is 0. The summed E-state index contributed by atoms with van der Waals surface area (Å²) in [5.74, 6) is -1.77. The Bertz CT molecular complexity index is 845. The van der Waals surface area contributed by atoms with Crippen LogP contribution in [0.4, 0.5) is 0 Å². The number of aromatic carboxylic acids is 1. The van der Waals surface area contributed by atoms with Gasteiger partial charge in [-0.3, -0.25) is 0 Å². The predicted molar refractivity (Wildman–Crippen MR) is 107 cm³/mol. The Morgan fingerprint density at radius 1 is 0.862 bits per heavy atom. The van der Waals surface area contributed by atoms with Crippen LogP contribution in [0.1, 0.15) is 60.2 Å². The van der Waals surface area contributed by atoms with Gasteiger partial charge in [-0.1, -0.05) is 26.7 Å². The molecule has 0 heterocycles. The Morgan fingerprint density at radius 2 is 1.45 bits per heavy atom. The maximum absolute atomic E-state index is 12.6. The van der Waals surface area contributed by atoms with Crippen LogP contribution < -0.4 is 14.2 Å². The van der Waals surface area contributed by atoms with E-state index in [0.29, 0.717) is 24.7 Å². The molecule has 2 N–H and O–H groups in total. The van der Waals surface area contributed by atoms with Gasteiger partial charge in [-0.2, -0.15) is 0 Å². The predicted octanol–water partition coefficient (Wildman–Crippen LogP) is 4.67. The molecule has 0 saturated carbocycles. The maximum Gasteiger partial charge on any atom is 0.347 e. The Kier molecular flexibility index (Phi) is 8.33. The summed E-state index contributed by atoms with van der Waals surface area (Å²) >= 11 is 0. The second-order valence-corrected chi connectivity index (χ2v) is 6.44. The van der Waals surface area contributed by atoms with E-state index in [9.17, 15) is 19.8 Å². The van der Waals surface area contributed by atoms with Crippen LogP contribution in [-0.4, -0.2) is 35.4 Å². The molecule has 0 aliphatic heterocycles. The number of rotatable bonds is 11. The lowest BCUT2D eigenvalue weighted by Crippen LogP contribution is -2.12. The highest BCUT2D eigenvalue weighted by atomic mass is 16.5. The second-order valence-electron chi connectivity index (χ2n) is 6.44. The minimum absolute atomic E-state index is 0.118. The molecule has 0 aliphatic rings. The minimum atomic E-state index is -1.24. The smallest absolute Gasteiger partial charge is 0.347 e. The Balaban J connectivity index is 2.23. The molecule has 0 aromatic heterocycles. The third-order valence-electron chi connectivity index (χ3n) is 4.11. The highest BCUT2D eigenvalue weighted by Gasteiger charge is 2.20. The van der Waals surface area contributed by atoms with Crippen LogP contribution in [0.5, 0.6) is 23.0 Å². The molecular weight excluding hydrogens is 376 g/mol. The van der Waals surface area contributed by atoms with Crippen LogP contribution in [0.3, 0.4) is 0 Å². The maximum atomic E-state index is 12.6. The SMILES string of the molecule is CCCCOc1ccc(C(=O)O)c(OC(=O)c2cc(OCCCC)ccc2O)c1. The number of carbonyl (C=O) groups excluding carboxylic acids is 1. The Labute approximate surface area is 169 Å². The molecule has 7 nitrogen and oxygen atoms in total. The summed E-state index contributed by atoms with van der Waals surface area (Å²) in [5.41, 5.74) is -0.302. The quantitative estimate of drug-likeness (QED) is 0.320. The first-order valence-electron chi connectivity index (χ1n) is 9.64. The number of carbonyl (C=O) groups is 2. The van der Waals surface area contributed by atoms with E-state index in [1.54, 1.807) is 6.07 Å². The second kappa shape index (κ2) is 10.9. The summed E-state index contributed by atoms with van der Waals surface area (Å²) in [6.07, 6.45) is 3.61. The molecule has 0 bridgehead atoms. The molecule has 2 aromatic rings. The van der Waals surface area contributed by atoms with Gasteiger partial charge in [0, 0.05) is 6.07 Å². The van der Waals surface area contributed by atoms with Crippen molar-refractivity contribution in [2.45, 2.75) is 39.5 Å². The number of phenolic OH excluding ortho intramolecular Hbond substituents is 1. The van der Waals surface area contributed by atoms with E-state index in [0.717, 1.165) is 25.7 Å². The summed E-state index contributed by atoms with van der Waals surface area (Å²) in [6, 6.07) is 8.43. The van der Waals surface area contributed by atoms with Crippen molar-refractivity contribution in [3.05, 3.63) is 47.5 Å². The molecule has 0 atom stereocenters. The molecule has 0 unspecified atom stereocenters. The van der Waals surface area contributed by atoms with E-state index in [1.807, 2.05) is 13.8 Å². The van der Waals surface area contributed by atoms with Crippen LogP contribution in [-0.2, 0) is 0 Å². The van der Waals surface area contributed by atoms with Crippen molar-refractivity contribution in [1.82, 2.24) is 0 Å². The zero-order chi connectivity index (χ0) is 21.2. The van der Waals surface area contributed by atoms with E-state index in [-0.39, 0.29) is 22.6 Å². The van der Waals surface area contributed by atoms with Gasteiger partial charge in [0.25, 0.3) is 0 Å². The zero-order valence-electron chi connectivity index (χ0n) is 16.6. The molecule has 7 heteroatoms. The third-order valence-corrected chi connectivity index (χ3v) is 4.11. The highest BCUT2D eigenvalue weighted by molar-refractivity contribution is 5.97. The van der Waals surface area contributed by atoms with Crippen molar-refractivity contribution in [3.8, 4) is 23.0 Å². The monoisotopic (exact) mass is 402 g/mol. The van der Waals surface area contributed by atoms with Crippen molar-refractivity contribution in [3.63, 3.8) is 0 Å². The fourth-order valence-corrected chi connectivity index (χ4v) is 2.45. The first-order chi connectivity index (χ1) is 14.0. The number of benzene rings is 2. The molecular formula is C22H26O7. The van der Waals surface area contributed by atoms with Crippen LogP contribution >= 0.6 is 0 Å². The van der Waals surface area contributed by atoms with Crippen LogP contribution in [0.25, 0.3) is 0 Å². The summed E-state index contributed by atoms with van der Waals surface area (Å²) in [5, 5.41) is 19.4. The lowest BCUT2D eigenvalue weighted by molar-refractivity contribution is 0.0680. The summed E-state index contributed by atoms with van der Waals surface area (Å²) in [4.78, 5) is 24.1. The molecule has 0 spiro atoms. The van der Waals surface area contributed by atoms with E-state index in [4.69, 9.17) is 14.2 Å². The number of ether oxygens (including phenoxy) is 3.